The quantitative estimate of drug-likeness (QED) is 0.706. The van der Waals surface area contributed by atoms with E-state index in [1.807, 2.05) is 0 Å². The lowest BCUT2D eigenvalue weighted by Crippen LogP contribution is -2.35. The van der Waals surface area contributed by atoms with Gasteiger partial charge < -0.3 is 11.1 Å². The van der Waals surface area contributed by atoms with Crippen molar-refractivity contribution in [3.8, 4) is 0 Å². The smallest absolute Gasteiger partial charge is 0.123 e. The van der Waals surface area contributed by atoms with E-state index in [1.54, 1.807) is 18.2 Å². The minimum absolute atomic E-state index is 0.312. The van der Waals surface area contributed by atoms with E-state index >= 15 is 0 Å². The van der Waals surface area contributed by atoms with Crippen LogP contribution in [-0.2, 0) is 6.54 Å². The Bertz CT molecular complexity index is 725. The number of nitrogens with one attached hydrogen (secondary N) is 1. The van der Waals surface area contributed by atoms with Crippen molar-refractivity contribution < 1.29 is 8.78 Å². The lowest BCUT2D eigenvalue weighted by Gasteiger charge is -2.23. The summed E-state index contributed by atoms with van der Waals surface area (Å²) in [7, 11) is 0. The molecule has 0 spiro atoms. The number of hydrogen-bond donors (Lipinski definition) is 3. The van der Waals surface area contributed by atoms with Crippen molar-refractivity contribution in [2.45, 2.75) is 6.54 Å². The van der Waals surface area contributed by atoms with Crippen LogP contribution in [0.2, 0.25) is 0 Å². The van der Waals surface area contributed by atoms with Crippen LogP contribution >= 0.6 is 0 Å². The number of anilines is 1. The van der Waals surface area contributed by atoms with Crippen molar-refractivity contribution in [2.75, 3.05) is 11.6 Å². The van der Waals surface area contributed by atoms with E-state index < -0.39 is 0 Å². The molecule has 0 aliphatic carbocycles. The third kappa shape index (κ3) is 2.66. The van der Waals surface area contributed by atoms with E-state index in [0.717, 1.165) is 5.56 Å². The largest absolute Gasteiger partial charge is 0.397 e. The fraction of sp³-hybridized carbons (Fsp3) is 0.125. The van der Waals surface area contributed by atoms with E-state index in [4.69, 9.17) is 11.6 Å². The van der Waals surface area contributed by atoms with Crippen LogP contribution < -0.4 is 21.9 Å². The molecule has 2 aromatic carbocycles. The van der Waals surface area contributed by atoms with Crippen molar-refractivity contribution in [1.82, 2.24) is 5.32 Å². The van der Waals surface area contributed by atoms with Crippen LogP contribution in [0.3, 0.4) is 0 Å². The van der Waals surface area contributed by atoms with Gasteiger partial charge in [0.25, 0.3) is 0 Å². The summed E-state index contributed by atoms with van der Waals surface area (Å²) in [6.45, 7) is 0.914. The molecule has 0 bridgehead atoms. The number of rotatable bonds is 1. The van der Waals surface area contributed by atoms with E-state index in [9.17, 15) is 8.78 Å². The van der Waals surface area contributed by atoms with Crippen molar-refractivity contribution in [3.05, 3.63) is 70.9 Å². The van der Waals surface area contributed by atoms with Crippen molar-refractivity contribution in [2.24, 2.45) is 11.6 Å². The highest BCUT2D eigenvalue weighted by Gasteiger charge is 2.20. The number of fused-ring (bicyclic) bond motifs is 1. The van der Waals surface area contributed by atoms with Crippen LogP contribution in [0.5, 0.6) is 0 Å². The Balaban J connectivity index is 2.05. The molecule has 2 aromatic rings. The highest BCUT2D eigenvalue weighted by atomic mass is 19.1. The van der Waals surface area contributed by atoms with Gasteiger partial charge >= 0.3 is 0 Å². The lowest BCUT2D eigenvalue weighted by molar-refractivity contribution is 0.623. The van der Waals surface area contributed by atoms with Crippen LogP contribution in [0.15, 0.2) is 48.2 Å². The first-order chi connectivity index (χ1) is 10.6. The van der Waals surface area contributed by atoms with Gasteiger partial charge in [0.1, 0.15) is 11.6 Å². The molecule has 22 heavy (non-hydrogen) atoms. The van der Waals surface area contributed by atoms with Gasteiger partial charge in [-0.05, 0) is 53.6 Å². The van der Waals surface area contributed by atoms with Crippen molar-refractivity contribution in [1.29, 1.82) is 0 Å². The van der Waals surface area contributed by atoms with Gasteiger partial charge in [-0.2, -0.15) is 0 Å². The molecule has 0 saturated carbocycles. The first-order valence-corrected chi connectivity index (χ1v) is 6.85. The summed E-state index contributed by atoms with van der Waals surface area (Å²) in [6.07, 6.45) is 0. The summed E-state index contributed by atoms with van der Waals surface area (Å²) in [4.78, 5) is 0. The normalized spacial score (nSPS) is 17.0. The molecule has 0 fully saturated rings. The van der Waals surface area contributed by atoms with Crippen LogP contribution in [0.4, 0.5) is 14.5 Å². The molecule has 1 aliphatic heterocycles. The number of halogens is 2. The van der Waals surface area contributed by atoms with Crippen molar-refractivity contribution in [3.63, 3.8) is 0 Å². The fourth-order valence-electron chi connectivity index (χ4n) is 2.50. The Morgan fingerprint density at radius 1 is 1.00 bits per heavy atom. The Labute approximate surface area is 127 Å². The molecule has 0 saturated heterocycles. The van der Waals surface area contributed by atoms with E-state index in [-0.39, 0.29) is 11.6 Å². The third-order valence-electron chi connectivity index (χ3n) is 3.67. The van der Waals surface area contributed by atoms with Crippen molar-refractivity contribution >= 4 is 11.4 Å². The van der Waals surface area contributed by atoms with Gasteiger partial charge in [0.15, 0.2) is 0 Å². The Hall–Kier alpha value is -2.44. The van der Waals surface area contributed by atoms with E-state index in [2.05, 4.69) is 5.32 Å². The minimum atomic E-state index is -0.328. The number of nitrogens with zero attached hydrogens (tertiary/aromatic N) is 1. The van der Waals surface area contributed by atoms with Gasteiger partial charge in [-0.1, -0.05) is 0 Å². The first kappa shape index (κ1) is 14.5. The Morgan fingerprint density at radius 3 is 2.41 bits per heavy atom. The average Bonchev–Trinajstić information content (AvgIpc) is 2.66. The van der Waals surface area contributed by atoms with Gasteiger partial charge in [0.2, 0.25) is 0 Å². The lowest BCUT2D eigenvalue weighted by atomic mass is 10.1. The number of hydrogen-bond acceptors (Lipinski definition) is 4. The number of nitrogens with two attached hydrogens (primary N) is 2. The van der Waals surface area contributed by atoms with Crippen LogP contribution in [0, 0.1) is 11.6 Å². The van der Waals surface area contributed by atoms with E-state index in [0.29, 0.717) is 35.7 Å². The summed E-state index contributed by atoms with van der Waals surface area (Å²) < 4.78 is 26.4. The maximum atomic E-state index is 13.4. The SMILES string of the molecule is N/C(=C1/CNCc2cc(F)ccc2N1N)c1ccc(F)cc1. The Kier molecular flexibility index (Phi) is 3.79. The molecule has 114 valence electrons. The molecule has 3 rings (SSSR count). The number of hydrazine groups is 1. The Morgan fingerprint density at radius 2 is 1.68 bits per heavy atom. The molecule has 0 aromatic heterocycles. The second-order valence-corrected chi connectivity index (χ2v) is 5.11. The molecule has 6 heteroatoms. The second kappa shape index (κ2) is 5.75. The van der Waals surface area contributed by atoms with Gasteiger partial charge in [0, 0.05) is 13.1 Å². The highest BCUT2D eigenvalue weighted by molar-refractivity contribution is 5.72. The summed E-state index contributed by atoms with van der Waals surface area (Å²) >= 11 is 0. The molecule has 0 unspecified atom stereocenters. The van der Waals surface area contributed by atoms with Crippen LogP contribution in [-0.4, -0.2) is 6.54 Å². The van der Waals surface area contributed by atoms with Crippen LogP contribution in [0.1, 0.15) is 11.1 Å². The maximum absolute atomic E-state index is 13.4. The van der Waals surface area contributed by atoms with E-state index in [1.165, 1.54) is 29.3 Å². The van der Waals surface area contributed by atoms with Gasteiger partial charge in [-0.3, -0.25) is 5.01 Å². The zero-order valence-corrected chi connectivity index (χ0v) is 11.8. The molecule has 5 N–H and O–H groups in total. The zero-order chi connectivity index (χ0) is 15.7. The van der Waals surface area contributed by atoms with Gasteiger partial charge in [-0.25, -0.2) is 14.6 Å². The predicted octanol–water partition coefficient (Wildman–Crippen LogP) is 2.08. The first-order valence-electron chi connectivity index (χ1n) is 6.85. The number of benzene rings is 2. The van der Waals surface area contributed by atoms with Gasteiger partial charge in [-0.15, -0.1) is 0 Å². The summed E-state index contributed by atoms with van der Waals surface area (Å²) in [5, 5.41) is 4.62. The highest BCUT2D eigenvalue weighted by Crippen LogP contribution is 2.27. The summed E-state index contributed by atoms with van der Waals surface area (Å²) in [6, 6.07) is 10.3. The molecular formula is C16H16F2N4. The fourth-order valence-corrected chi connectivity index (χ4v) is 2.50. The molecule has 0 atom stereocenters. The monoisotopic (exact) mass is 302 g/mol. The topological polar surface area (TPSA) is 67.3 Å². The van der Waals surface area contributed by atoms with Crippen LogP contribution in [0.25, 0.3) is 5.70 Å². The second-order valence-electron chi connectivity index (χ2n) is 5.11. The predicted molar refractivity (Wildman–Crippen MR) is 82.3 cm³/mol. The molecule has 1 heterocycles. The minimum Gasteiger partial charge on any atom is -0.397 e. The summed E-state index contributed by atoms with van der Waals surface area (Å²) in [5.74, 6) is 5.53. The molecule has 0 amide bonds. The van der Waals surface area contributed by atoms with Gasteiger partial charge in [0.05, 0.1) is 17.1 Å². The zero-order valence-electron chi connectivity index (χ0n) is 11.8. The standard InChI is InChI=1S/C16H16F2N4/c17-12-3-1-10(2-4-12)16(19)15-9-21-8-11-7-13(18)5-6-14(11)22(15)20/h1-7,21H,8-9,19-20H2/b16-15-. The molecule has 4 nitrogen and oxygen atoms in total. The summed E-state index contributed by atoms with van der Waals surface area (Å²) in [5.41, 5.74) is 9.41. The molecular weight excluding hydrogens is 286 g/mol. The maximum Gasteiger partial charge on any atom is 0.123 e. The average molecular weight is 302 g/mol. The molecule has 1 aliphatic rings. The third-order valence-corrected chi connectivity index (χ3v) is 3.67. The molecule has 0 radical (unpaired) electrons.